The smallest absolute Gasteiger partial charge is 0.0467 e. The summed E-state index contributed by atoms with van der Waals surface area (Å²) in [7, 11) is 0. The summed E-state index contributed by atoms with van der Waals surface area (Å²) in [6.45, 7) is 7.86. The van der Waals surface area contributed by atoms with Crippen molar-refractivity contribution in [2.24, 2.45) is 0 Å². The first-order valence-corrected chi connectivity index (χ1v) is 8.01. The molecule has 23 heavy (non-hydrogen) atoms. The first-order chi connectivity index (χ1) is 11.4. The Morgan fingerprint density at radius 3 is 1.61 bits per heavy atom. The van der Waals surface area contributed by atoms with Crippen molar-refractivity contribution in [2.75, 3.05) is 4.90 Å². The molecule has 0 bridgehead atoms. The van der Waals surface area contributed by atoms with Crippen LogP contribution >= 0.6 is 0 Å². The van der Waals surface area contributed by atoms with Gasteiger partial charge in [0.2, 0.25) is 0 Å². The van der Waals surface area contributed by atoms with Crippen LogP contribution in [0.5, 0.6) is 0 Å². The highest BCUT2D eigenvalue weighted by Crippen LogP contribution is 2.34. The molecule has 0 unspecified atom stereocenters. The fourth-order valence-electron chi connectivity index (χ4n) is 2.39. The number of hydrogen-bond acceptors (Lipinski definition) is 1. The van der Waals surface area contributed by atoms with E-state index in [1.165, 1.54) is 0 Å². The van der Waals surface area contributed by atoms with Crippen molar-refractivity contribution < 1.29 is 0 Å². The minimum atomic E-state index is 1.12. The van der Waals surface area contributed by atoms with Crippen LogP contribution in [0.15, 0.2) is 91.5 Å². The van der Waals surface area contributed by atoms with E-state index in [4.69, 9.17) is 0 Å². The van der Waals surface area contributed by atoms with Crippen LogP contribution in [0.3, 0.4) is 0 Å². The molecule has 0 saturated heterocycles. The normalized spacial score (nSPS) is 9.48. The molecule has 116 valence electrons. The van der Waals surface area contributed by atoms with Crippen molar-refractivity contribution >= 4 is 23.1 Å². The third kappa shape index (κ3) is 4.10. The van der Waals surface area contributed by atoms with Gasteiger partial charge < -0.3 is 4.90 Å². The predicted molar refractivity (Wildman–Crippen MR) is 103 cm³/mol. The van der Waals surface area contributed by atoms with Crippen molar-refractivity contribution in [3.63, 3.8) is 0 Å². The summed E-state index contributed by atoms with van der Waals surface area (Å²) in [5.74, 6) is 0. The zero-order chi connectivity index (χ0) is 16.5. The minimum Gasteiger partial charge on any atom is -0.310 e. The summed E-state index contributed by atoms with van der Waals surface area (Å²) >= 11 is 0. The average Bonchev–Trinajstić information content (AvgIpc) is 2.66. The third-order valence-corrected chi connectivity index (χ3v) is 3.39. The molecule has 0 amide bonds. The van der Waals surface area contributed by atoms with Crippen LogP contribution in [0.1, 0.15) is 19.4 Å². The van der Waals surface area contributed by atoms with Crippen LogP contribution < -0.4 is 4.90 Å². The fraction of sp³-hybridized carbons (Fsp3) is 0.0909. The molecule has 3 aromatic rings. The number of anilines is 3. The summed E-state index contributed by atoms with van der Waals surface area (Å²) in [4.78, 5) is 2.24. The van der Waals surface area contributed by atoms with Crippen LogP contribution in [-0.2, 0) is 0 Å². The lowest BCUT2D eigenvalue weighted by atomic mass is 10.1. The standard InChI is InChI=1S/C20H17N.C2H6/c1-2-17-10-9-15-20(16-17)21(18-11-5-3-6-12-18)19-13-7-4-8-14-19;1-2/h2-16H,1H2;1-2H3. The van der Waals surface area contributed by atoms with Gasteiger partial charge >= 0.3 is 0 Å². The van der Waals surface area contributed by atoms with E-state index >= 15 is 0 Å². The van der Waals surface area contributed by atoms with Crippen LogP contribution in [0.25, 0.3) is 6.08 Å². The van der Waals surface area contributed by atoms with E-state index in [0.29, 0.717) is 0 Å². The van der Waals surface area contributed by atoms with Gasteiger partial charge in [-0.2, -0.15) is 0 Å². The topological polar surface area (TPSA) is 3.24 Å². The Labute approximate surface area is 139 Å². The first-order valence-electron chi connectivity index (χ1n) is 8.01. The van der Waals surface area contributed by atoms with E-state index in [1.807, 2.05) is 32.1 Å². The monoisotopic (exact) mass is 301 g/mol. The van der Waals surface area contributed by atoms with Crippen LogP contribution in [0.2, 0.25) is 0 Å². The van der Waals surface area contributed by atoms with Gasteiger partial charge in [0, 0.05) is 17.1 Å². The molecule has 1 nitrogen and oxygen atoms in total. The second-order valence-electron chi connectivity index (χ2n) is 4.81. The lowest BCUT2D eigenvalue weighted by Gasteiger charge is -2.25. The maximum absolute atomic E-state index is 3.86. The number of nitrogens with zero attached hydrogens (tertiary/aromatic N) is 1. The second kappa shape index (κ2) is 8.60. The van der Waals surface area contributed by atoms with Gasteiger partial charge in [0.1, 0.15) is 0 Å². The Kier molecular flexibility index (Phi) is 6.19. The van der Waals surface area contributed by atoms with E-state index in [2.05, 4.69) is 84.3 Å². The SMILES string of the molecule is C=Cc1cccc(N(c2ccccc2)c2ccccc2)c1.CC. The molecule has 0 atom stereocenters. The van der Waals surface area contributed by atoms with Gasteiger partial charge in [-0.15, -0.1) is 0 Å². The highest BCUT2D eigenvalue weighted by molar-refractivity contribution is 5.77. The molecule has 0 aliphatic rings. The first kappa shape index (κ1) is 16.6. The van der Waals surface area contributed by atoms with Crippen molar-refractivity contribution in [2.45, 2.75) is 13.8 Å². The number of rotatable bonds is 4. The van der Waals surface area contributed by atoms with Crippen molar-refractivity contribution in [3.8, 4) is 0 Å². The lowest BCUT2D eigenvalue weighted by molar-refractivity contribution is 1.28. The maximum Gasteiger partial charge on any atom is 0.0467 e. The Bertz CT molecular complexity index is 678. The van der Waals surface area contributed by atoms with Crippen LogP contribution in [0, 0.1) is 0 Å². The summed E-state index contributed by atoms with van der Waals surface area (Å²) in [5.41, 5.74) is 4.53. The average molecular weight is 301 g/mol. The Morgan fingerprint density at radius 1 is 0.652 bits per heavy atom. The van der Waals surface area contributed by atoms with Crippen molar-refractivity contribution in [1.82, 2.24) is 0 Å². The molecule has 0 heterocycles. The van der Waals surface area contributed by atoms with E-state index < -0.39 is 0 Å². The van der Waals surface area contributed by atoms with Gasteiger partial charge in [0.15, 0.2) is 0 Å². The van der Waals surface area contributed by atoms with Crippen molar-refractivity contribution in [3.05, 3.63) is 97.1 Å². The molecule has 0 radical (unpaired) electrons. The molecule has 1 heteroatoms. The zero-order valence-corrected chi connectivity index (χ0v) is 13.8. The van der Waals surface area contributed by atoms with Gasteiger partial charge in [-0.05, 0) is 42.0 Å². The summed E-state index contributed by atoms with van der Waals surface area (Å²) in [6, 6.07) is 29.2. The molecule has 0 N–H and O–H groups in total. The van der Waals surface area contributed by atoms with E-state index in [-0.39, 0.29) is 0 Å². The van der Waals surface area contributed by atoms with Gasteiger partial charge in [-0.25, -0.2) is 0 Å². The Hall–Kier alpha value is -2.80. The Balaban J connectivity index is 0.000000924. The zero-order valence-electron chi connectivity index (χ0n) is 13.8. The molecule has 0 aliphatic heterocycles. The van der Waals surface area contributed by atoms with E-state index in [0.717, 1.165) is 22.6 Å². The number of benzene rings is 3. The predicted octanol–water partition coefficient (Wildman–Crippen LogP) is 6.83. The minimum absolute atomic E-state index is 1.12. The van der Waals surface area contributed by atoms with E-state index in [1.54, 1.807) is 0 Å². The lowest BCUT2D eigenvalue weighted by Crippen LogP contribution is -2.09. The molecular weight excluding hydrogens is 278 g/mol. The second-order valence-corrected chi connectivity index (χ2v) is 4.81. The van der Waals surface area contributed by atoms with Crippen molar-refractivity contribution in [1.29, 1.82) is 0 Å². The number of para-hydroxylation sites is 2. The molecule has 0 aliphatic carbocycles. The van der Waals surface area contributed by atoms with Gasteiger partial charge in [0.25, 0.3) is 0 Å². The third-order valence-electron chi connectivity index (χ3n) is 3.39. The molecule has 0 aromatic heterocycles. The molecule has 0 saturated carbocycles. The molecule has 3 rings (SSSR count). The van der Waals surface area contributed by atoms with Gasteiger partial charge in [0.05, 0.1) is 0 Å². The molecule has 0 fully saturated rings. The van der Waals surface area contributed by atoms with Gasteiger partial charge in [-0.3, -0.25) is 0 Å². The number of hydrogen-bond donors (Lipinski definition) is 0. The fourth-order valence-corrected chi connectivity index (χ4v) is 2.39. The summed E-state index contributed by atoms with van der Waals surface area (Å²) in [5, 5.41) is 0. The van der Waals surface area contributed by atoms with Crippen LogP contribution in [-0.4, -0.2) is 0 Å². The van der Waals surface area contributed by atoms with E-state index in [9.17, 15) is 0 Å². The highest BCUT2D eigenvalue weighted by atomic mass is 15.1. The Morgan fingerprint density at radius 2 is 1.13 bits per heavy atom. The summed E-state index contributed by atoms with van der Waals surface area (Å²) in [6.07, 6.45) is 1.87. The molecular formula is C22H23N. The molecule has 0 spiro atoms. The quantitative estimate of drug-likeness (QED) is 0.510. The summed E-state index contributed by atoms with van der Waals surface area (Å²) < 4.78 is 0. The maximum atomic E-state index is 3.86. The van der Waals surface area contributed by atoms with Crippen LogP contribution in [0.4, 0.5) is 17.1 Å². The van der Waals surface area contributed by atoms with Gasteiger partial charge in [-0.1, -0.05) is 75.0 Å². The largest absolute Gasteiger partial charge is 0.310 e. The highest BCUT2D eigenvalue weighted by Gasteiger charge is 2.11. The molecule has 3 aromatic carbocycles.